The molecule has 0 fully saturated rings. The van der Waals surface area contributed by atoms with E-state index in [0.29, 0.717) is 25.1 Å². The Bertz CT molecular complexity index is 946. The van der Waals surface area contributed by atoms with Crippen molar-refractivity contribution in [3.63, 3.8) is 0 Å². The number of unbranched alkanes of at least 4 members (excludes halogenated alkanes) is 1. The van der Waals surface area contributed by atoms with E-state index in [0.717, 1.165) is 12.5 Å². The molecule has 1 aromatic heterocycles. The molecule has 1 heterocycles. The van der Waals surface area contributed by atoms with Crippen LogP contribution in [0.1, 0.15) is 56.0 Å². The predicted molar refractivity (Wildman–Crippen MR) is 109 cm³/mol. The van der Waals surface area contributed by atoms with E-state index >= 15 is 0 Å². The summed E-state index contributed by atoms with van der Waals surface area (Å²) in [5, 5.41) is 10.6. The Morgan fingerprint density at radius 1 is 1.12 bits per heavy atom. The number of halogens is 6. The number of aliphatic hydroxyl groups excluding tert-OH is 1. The number of carbonyl (C=O) groups is 1. The highest BCUT2D eigenvalue weighted by Crippen LogP contribution is 2.39. The van der Waals surface area contributed by atoms with Crippen molar-refractivity contribution in [1.82, 2.24) is 9.88 Å². The second-order valence-electron chi connectivity index (χ2n) is 7.52. The Morgan fingerprint density at radius 2 is 1.82 bits per heavy atom. The molecule has 5 nitrogen and oxygen atoms in total. The molecule has 1 N–H and O–H groups in total. The zero-order chi connectivity index (χ0) is 24.8. The van der Waals surface area contributed by atoms with Crippen LogP contribution >= 0.6 is 0 Å². The first-order valence-corrected chi connectivity index (χ1v) is 10.5. The fourth-order valence-corrected chi connectivity index (χ4v) is 3.43. The van der Waals surface area contributed by atoms with Gasteiger partial charge in [-0.2, -0.15) is 26.3 Å². The van der Waals surface area contributed by atoms with Gasteiger partial charge in [-0.3, -0.25) is 9.69 Å². The lowest BCUT2D eigenvalue weighted by Gasteiger charge is -2.26. The number of para-hydroxylation sites is 1. The molecular formula is C22H26F6N2O3. The highest BCUT2D eigenvalue weighted by molar-refractivity contribution is 5.86. The summed E-state index contributed by atoms with van der Waals surface area (Å²) in [6, 6.07) is 3.49. The topological polar surface area (TPSA) is 62.7 Å². The number of pyridine rings is 1. The Morgan fingerprint density at radius 3 is 2.39 bits per heavy atom. The SMILES string of the molecule is CCCCN(CCC(=O)OCC)CC(O)c1cc(C(F)(F)F)nc2c(C(F)(F)F)cccc12. The van der Waals surface area contributed by atoms with E-state index < -0.39 is 41.2 Å². The molecule has 0 radical (unpaired) electrons. The van der Waals surface area contributed by atoms with E-state index in [-0.39, 0.29) is 37.1 Å². The molecule has 0 amide bonds. The number of alkyl halides is 6. The van der Waals surface area contributed by atoms with Crippen LogP contribution in [0.2, 0.25) is 0 Å². The van der Waals surface area contributed by atoms with Gasteiger partial charge in [0.2, 0.25) is 0 Å². The third kappa shape index (κ3) is 7.29. The molecule has 0 spiro atoms. The van der Waals surface area contributed by atoms with Crippen LogP contribution in [0.5, 0.6) is 0 Å². The molecule has 0 saturated carbocycles. The van der Waals surface area contributed by atoms with E-state index in [9.17, 15) is 36.2 Å². The molecule has 0 aliphatic heterocycles. The molecular weight excluding hydrogens is 454 g/mol. The summed E-state index contributed by atoms with van der Waals surface area (Å²) in [7, 11) is 0. The van der Waals surface area contributed by atoms with Crippen molar-refractivity contribution in [1.29, 1.82) is 0 Å². The molecule has 1 atom stereocenters. The van der Waals surface area contributed by atoms with Crippen molar-refractivity contribution >= 4 is 16.9 Å². The summed E-state index contributed by atoms with van der Waals surface area (Å²) in [6.45, 7) is 4.21. The Labute approximate surface area is 187 Å². The van der Waals surface area contributed by atoms with Gasteiger partial charge < -0.3 is 9.84 Å². The Balaban J connectivity index is 2.47. The van der Waals surface area contributed by atoms with Crippen molar-refractivity contribution < 1.29 is 41.0 Å². The first-order chi connectivity index (χ1) is 15.4. The van der Waals surface area contributed by atoms with Gasteiger partial charge in [-0.1, -0.05) is 25.5 Å². The average molecular weight is 480 g/mol. The minimum Gasteiger partial charge on any atom is -0.466 e. The number of aromatic nitrogens is 1. The van der Waals surface area contributed by atoms with Crippen LogP contribution in [-0.2, 0) is 21.9 Å². The molecule has 184 valence electrons. The van der Waals surface area contributed by atoms with Crippen molar-refractivity contribution in [2.24, 2.45) is 0 Å². The number of benzene rings is 1. The lowest BCUT2D eigenvalue weighted by molar-refractivity contribution is -0.143. The number of nitrogens with zero attached hydrogens (tertiary/aromatic N) is 2. The van der Waals surface area contributed by atoms with Crippen molar-refractivity contribution in [2.45, 2.75) is 51.6 Å². The quantitative estimate of drug-likeness (QED) is 0.366. The fourth-order valence-electron chi connectivity index (χ4n) is 3.43. The molecule has 2 rings (SSSR count). The summed E-state index contributed by atoms with van der Waals surface area (Å²) in [5.41, 5.74) is -4.02. The standard InChI is InChI=1S/C22H26F6N2O3/c1-3-5-10-30(11-9-19(32)33-4-2)13-17(31)15-12-18(22(26,27)28)29-20-14(15)7-6-8-16(20)21(23,24)25/h6-8,12,17,31H,3-5,9-11,13H2,1-2H3. The molecule has 33 heavy (non-hydrogen) atoms. The lowest BCUT2D eigenvalue weighted by atomic mass is 9.99. The monoisotopic (exact) mass is 480 g/mol. The zero-order valence-corrected chi connectivity index (χ0v) is 18.3. The van der Waals surface area contributed by atoms with Crippen LogP contribution in [0.3, 0.4) is 0 Å². The maximum atomic E-state index is 13.4. The van der Waals surface area contributed by atoms with E-state index in [1.54, 1.807) is 11.8 Å². The number of aliphatic hydroxyl groups is 1. The van der Waals surface area contributed by atoms with E-state index in [4.69, 9.17) is 4.74 Å². The highest BCUT2D eigenvalue weighted by atomic mass is 19.4. The van der Waals surface area contributed by atoms with Crippen LogP contribution in [0, 0.1) is 0 Å². The number of carbonyl (C=O) groups excluding carboxylic acids is 1. The van der Waals surface area contributed by atoms with Crippen LogP contribution in [-0.4, -0.2) is 47.2 Å². The van der Waals surface area contributed by atoms with Gasteiger partial charge in [-0.05, 0) is 37.6 Å². The van der Waals surface area contributed by atoms with Crippen LogP contribution in [0.4, 0.5) is 26.3 Å². The zero-order valence-electron chi connectivity index (χ0n) is 18.3. The molecule has 1 aromatic carbocycles. The molecule has 0 aliphatic rings. The van der Waals surface area contributed by atoms with Crippen molar-refractivity contribution in [3.05, 3.63) is 41.1 Å². The molecule has 0 bridgehead atoms. The number of rotatable bonds is 10. The number of esters is 1. The summed E-state index contributed by atoms with van der Waals surface area (Å²) >= 11 is 0. The van der Waals surface area contributed by atoms with E-state index in [1.807, 2.05) is 6.92 Å². The number of hydrogen-bond donors (Lipinski definition) is 1. The average Bonchev–Trinajstić information content (AvgIpc) is 2.73. The third-order valence-electron chi connectivity index (χ3n) is 5.02. The van der Waals surface area contributed by atoms with Gasteiger partial charge in [0.15, 0.2) is 0 Å². The maximum absolute atomic E-state index is 13.4. The van der Waals surface area contributed by atoms with Gasteiger partial charge in [0.05, 0.1) is 30.2 Å². The van der Waals surface area contributed by atoms with Crippen molar-refractivity contribution in [3.8, 4) is 0 Å². The van der Waals surface area contributed by atoms with Gasteiger partial charge >= 0.3 is 18.3 Å². The summed E-state index contributed by atoms with van der Waals surface area (Å²) in [4.78, 5) is 16.6. The molecule has 1 unspecified atom stereocenters. The number of ether oxygens (including phenoxy) is 1. The van der Waals surface area contributed by atoms with Gasteiger partial charge in [0, 0.05) is 18.5 Å². The third-order valence-corrected chi connectivity index (χ3v) is 5.02. The van der Waals surface area contributed by atoms with Gasteiger partial charge in [0.1, 0.15) is 5.69 Å². The summed E-state index contributed by atoms with van der Waals surface area (Å²) < 4.78 is 85.4. The largest absolute Gasteiger partial charge is 0.466 e. The Hall–Kier alpha value is -2.40. The number of hydrogen-bond acceptors (Lipinski definition) is 5. The van der Waals surface area contributed by atoms with Crippen LogP contribution < -0.4 is 0 Å². The smallest absolute Gasteiger partial charge is 0.433 e. The minimum absolute atomic E-state index is 0.00733. The summed E-state index contributed by atoms with van der Waals surface area (Å²) in [6.07, 6.45) is -9.98. The van der Waals surface area contributed by atoms with E-state index in [1.165, 1.54) is 6.07 Å². The van der Waals surface area contributed by atoms with Gasteiger partial charge in [-0.15, -0.1) is 0 Å². The van der Waals surface area contributed by atoms with Crippen molar-refractivity contribution in [2.75, 3.05) is 26.2 Å². The second kappa shape index (κ2) is 11.1. The highest BCUT2D eigenvalue weighted by Gasteiger charge is 2.38. The fraction of sp³-hybridized carbons (Fsp3) is 0.545. The Kier molecular flexibility index (Phi) is 9.07. The van der Waals surface area contributed by atoms with Crippen LogP contribution in [0.25, 0.3) is 10.9 Å². The molecule has 0 aliphatic carbocycles. The van der Waals surface area contributed by atoms with Gasteiger partial charge in [0.25, 0.3) is 0 Å². The number of fused-ring (bicyclic) bond motifs is 1. The molecule has 0 saturated heterocycles. The normalized spacial score (nSPS) is 13.5. The lowest BCUT2D eigenvalue weighted by Crippen LogP contribution is -2.32. The first kappa shape index (κ1) is 26.8. The van der Waals surface area contributed by atoms with E-state index in [2.05, 4.69) is 4.98 Å². The van der Waals surface area contributed by atoms with Gasteiger partial charge in [-0.25, -0.2) is 4.98 Å². The second-order valence-corrected chi connectivity index (χ2v) is 7.52. The van der Waals surface area contributed by atoms with Crippen LogP contribution in [0.15, 0.2) is 24.3 Å². The maximum Gasteiger partial charge on any atom is 0.433 e. The minimum atomic E-state index is -5.01. The first-order valence-electron chi connectivity index (χ1n) is 10.5. The predicted octanol–water partition coefficient (Wildman–Crippen LogP) is 5.36. The molecule has 2 aromatic rings. The summed E-state index contributed by atoms with van der Waals surface area (Å²) in [5.74, 6) is -0.461. The molecule has 11 heteroatoms.